The van der Waals surface area contributed by atoms with Crippen LogP contribution in [0.15, 0.2) is 12.2 Å². The quantitative estimate of drug-likeness (QED) is 0.578. The Morgan fingerprint density at radius 1 is 1.07 bits per heavy atom. The zero-order valence-electron chi connectivity index (χ0n) is 11.2. The maximum atomic E-state index is 4.02. The van der Waals surface area contributed by atoms with Crippen LogP contribution in [-0.4, -0.2) is 0 Å². The fourth-order valence-electron chi connectivity index (χ4n) is 3.15. The van der Waals surface area contributed by atoms with Gasteiger partial charge in [-0.3, -0.25) is 0 Å². The summed E-state index contributed by atoms with van der Waals surface area (Å²) in [6, 6.07) is 0. The monoisotopic (exact) mass is 208 g/mol. The van der Waals surface area contributed by atoms with E-state index in [9.17, 15) is 0 Å². The van der Waals surface area contributed by atoms with Gasteiger partial charge < -0.3 is 0 Å². The van der Waals surface area contributed by atoms with Gasteiger partial charge in [-0.2, -0.15) is 0 Å². The van der Waals surface area contributed by atoms with Gasteiger partial charge >= 0.3 is 0 Å². The van der Waals surface area contributed by atoms with Crippen molar-refractivity contribution in [3.05, 3.63) is 12.2 Å². The van der Waals surface area contributed by atoms with E-state index in [0.29, 0.717) is 0 Å². The molecular weight excluding hydrogens is 180 g/mol. The lowest BCUT2D eigenvalue weighted by Gasteiger charge is -2.42. The molecule has 0 spiro atoms. The van der Waals surface area contributed by atoms with Crippen LogP contribution >= 0.6 is 0 Å². The largest absolute Gasteiger partial charge is 0.100 e. The topological polar surface area (TPSA) is 0 Å². The van der Waals surface area contributed by atoms with Gasteiger partial charge in [0.05, 0.1) is 0 Å². The third-order valence-electron chi connectivity index (χ3n) is 4.92. The minimum Gasteiger partial charge on any atom is -0.100 e. The SMILES string of the molecule is C=C(C)CCC1CC(C)C(C)C(C)C1C. The van der Waals surface area contributed by atoms with Gasteiger partial charge in [0.2, 0.25) is 0 Å². The fraction of sp³-hybridized carbons (Fsp3) is 0.867. The molecule has 0 heteroatoms. The molecule has 0 heterocycles. The Hall–Kier alpha value is -0.260. The van der Waals surface area contributed by atoms with Crippen LogP contribution in [0, 0.1) is 29.6 Å². The summed E-state index contributed by atoms with van der Waals surface area (Å²) in [5.74, 6) is 4.54. The molecular formula is C15H28. The van der Waals surface area contributed by atoms with E-state index in [1.807, 2.05) is 0 Å². The lowest BCUT2D eigenvalue weighted by molar-refractivity contribution is 0.0712. The van der Waals surface area contributed by atoms with Crippen molar-refractivity contribution in [1.82, 2.24) is 0 Å². The molecule has 5 atom stereocenters. The average Bonchev–Trinajstić information content (AvgIpc) is 2.18. The second-order valence-electron chi connectivity index (χ2n) is 6.05. The molecule has 15 heavy (non-hydrogen) atoms. The molecule has 1 aliphatic rings. The molecule has 1 fully saturated rings. The predicted octanol–water partition coefficient (Wildman–Crippen LogP) is 4.91. The second kappa shape index (κ2) is 5.18. The lowest BCUT2D eigenvalue weighted by Crippen LogP contribution is -2.35. The number of hydrogen-bond donors (Lipinski definition) is 0. The van der Waals surface area contributed by atoms with Gasteiger partial charge in [-0.1, -0.05) is 33.3 Å². The summed E-state index contributed by atoms with van der Waals surface area (Å²) in [7, 11) is 0. The zero-order valence-corrected chi connectivity index (χ0v) is 11.2. The van der Waals surface area contributed by atoms with E-state index in [2.05, 4.69) is 41.2 Å². The Labute approximate surface area is 96.2 Å². The van der Waals surface area contributed by atoms with Crippen molar-refractivity contribution < 1.29 is 0 Å². The van der Waals surface area contributed by atoms with Crippen LogP contribution in [-0.2, 0) is 0 Å². The van der Waals surface area contributed by atoms with E-state index in [1.54, 1.807) is 0 Å². The van der Waals surface area contributed by atoms with Crippen molar-refractivity contribution in [1.29, 1.82) is 0 Å². The highest BCUT2D eigenvalue weighted by molar-refractivity contribution is 4.91. The molecule has 0 aromatic rings. The summed E-state index contributed by atoms with van der Waals surface area (Å²) in [5.41, 5.74) is 1.35. The van der Waals surface area contributed by atoms with E-state index in [-0.39, 0.29) is 0 Å². The highest BCUT2D eigenvalue weighted by Gasteiger charge is 2.35. The van der Waals surface area contributed by atoms with Gasteiger partial charge in [0.1, 0.15) is 0 Å². The van der Waals surface area contributed by atoms with Crippen LogP contribution in [0.5, 0.6) is 0 Å². The Morgan fingerprint density at radius 3 is 2.20 bits per heavy atom. The highest BCUT2D eigenvalue weighted by atomic mass is 14.4. The maximum absolute atomic E-state index is 4.02. The molecule has 0 N–H and O–H groups in total. The Bertz CT molecular complexity index is 216. The standard InChI is InChI=1S/C15H28/c1-10(2)7-8-15-9-11(3)12(4)13(5)14(15)6/h11-15H,1,7-9H2,2-6H3. The van der Waals surface area contributed by atoms with Gasteiger partial charge in [0.25, 0.3) is 0 Å². The molecule has 0 nitrogen and oxygen atoms in total. The van der Waals surface area contributed by atoms with Crippen molar-refractivity contribution in [2.45, 2.75) is 53.9 Å². The number of hydrogen-bond acceptors (Lipinski definition) is 0. The van der Waals surface area contributed by atoms with E-state index in [4.69, 9.17) is 0 Å². The first kappa shape index (κ1) is 12.8. The molecule has 0 aromatic carbocycles. The van der Waals surface area contributed by atoms with Crippen LogP contribution in [0.4, 0.5) is 0 Å². The van der Waals surface area contributed by atoms with Crippen LogP contribution in [0.25, 0.3) is 0 Å². The first-order valence-corrected chi connectivity index (χ1v) is 6.57. The van der Waals surface area contributed by atoms with Crippen molar-refractivity contribution in [3.8, 4) is 0 Å². The first-order valence-electron chi connectivity index (χ1n) is 6.57. The molecule has 0 aliphatic heterocycles. The molecule has 1 aliphatic carbocycles. The number of allylic oxidation sites excluding steroid dienone is 1. The summed E-state index contributed by atoms with van der Waals surface area (Å²) in [4.78, 5) is 0. The molecule has 1 rings (SSSR count). The van der Waals surface area contributed by atoms with Crippen molar-refractivity contribution in [2.24, 2.45) is 29.6 Å². The van der Waals surface area contributed by atoms with Crippen LogP contribution < -0.4 is 0 Å². The zero-order chi connectivity index (χ0) is 11.6. The first-order chi connectivity index (χ1) is 6.93. The molecule has 1 saturated carbocycles. The van der Waals surface area contributed by atoms with E-state index in [0.717, 1.165) is 29.6 Å². The molecule has 0 aromatic heterocycles. The number of rotatable bonds is 3. The van der Waals surface area contributed by atoms with E-state index < -0.39 is 0 Å². The summed E-state index contributed by atoms with van der Waals surface area (Å²) < 4.78 is 0. The summed E-state index contributed by atoms with van der Waals surface area (Å²) >= 11 is 0. The summed E-state index contributed by atoms with van der Waals surface area (Å²) in [6.45, 7) is 15.9. The Balaban J connectivity index is 2.54. The van der Waals surface area contributed by atoms with Gasteiger partial charge in [-0.25, -0.2) is 0 Å². The Morgan fingerprint density at radius 2 is 1.67 bits per heavy atom. The third-order valence-corrected chi connectivity index (χ3v) is 4.92. The minimum absolute atomic E-state index is 0.892. The van der Waals surface area contributed by atoms with Gasteiger partial charge in [-0.15, -0.1) is 6.58 Å². The summed E-state index contributed by atoms with van der Waals surface area (Å²) in [5, 5.41) is 0. The van der Waals surface area contributed by atoms with Crippen LogP contribution in [0.3, 0.4) is 0 Å². The molecule has 5 unspecified atom stereocenters. The second-order valence-corrected chi connectivity index (χ2v) is 6.05. The fourth-order valence-corrected chi connectivity index (χ4v) is 3.15. The smallest absolute Gasteiger partial charge is 0.0323 e. The van der Waals surface area contributed by atoms with Crippen molar-refractivity contribution in [2.75, 3.05) is 0 Å². The third kappa shape index (κ3) is 3.09. The van der Waals surface area contributed by atoms with Gasteiger partial charge in [-0.05, 0) is 55.8 Å². The maximum Gasteiger partial charge on any atom is -0.0323 e. The van der Waals surface area contributed by atoms with E-state index in [1.165, 1.54) is 24.8 Å². The van der Waals surface area contributed by atoms with Crippen molar-refractivity contribution >= 4 is 0 Å². The Kier molecular flexibility index (Phi) is 4.43. The molecule has 88 valence electrons. The van der Waals surface area contributed by atoms with Crippen molar-refractivity contribution in [3.63, 3.8) is 0 Å². The van der Waals surface area contributed by atoms with Crippen LogP contribution in [0.2, 0.25) is 0 Å². The highest BCUT2D eigenvalue weighted by Crippen LogP contribution is 2.43. The van der Waals surface area contributed by atoms with Crippen LogP contribution in [0.1, 0.15) is 53.9 Å². The molecule has 0 amide bonds. The van der Waals surface area contributed by atoms with Gasteiger partial charge in [0, 0.05) is 0 Å². The predicted molar refractivity (Wildman–Crippen MR) is 68.8 cm³/mol. The normalized spacial score (nSPS) is 41.5. The molecule has 0 bridgehead atoms. The average molecular weight is 208 g/mol. The molecule has 0 saturated heterocycles. The van der Waals surface area contributed by atoms with Gasteiger partial charge in [0.15, 0.2) is 0 Å². The molecule has 0 radical (unpaired) electrons. The van der Waals surface area contributed by atoms with E-state index >= 15 is 0 Å². The minimum atomic E-state index is 0.892. The lowest BCUT2D eigenvalue weighted by atomic mass is 9.63. The summed E-state index contributed by atoms with van der Waals surface area (Å²) in [6.07, 6.45) is 4.01.